The molecule has 0 saturated carbocycles. The number of amides is 1. The Morgan fingerprint density at radius 2 is 2.00 bits per heavy atom. The van der Waals surface area contributed by atoms with Crippen LogP contribution in [0.3, 0.4) is 0 Å². The van der Waals surface area contributed by atoms with Crippen molar-refractivity contribution in [2.75, 3.05) is 12.3 Å². The summed E-state index contributed by atoms with van der Waals surface area (Å²) in [5, 5.41) is 0. The first-order chi connectivity index (χ1) is 10.1. The number of anilines is 1. The number of halogens is 2. The van der Waals surface area contributed by atoms with Crippen LogP contribution in [0.1, 0.15) is 21.5 Å². The SMILES string of the molecule is Nc1cccc2c1CN(C(=O)c1ccc(F)cc1F)CC2. The molecule has 1 amide bonds. The van der Waals surface area contributed by atoms with E-state index in [0.29, 0.717) is 25.2 Å². The standard InChI is InChI=1S/C16H14F2N2O/c17-11-4-5-12(14(18)8-11)16(21)20-7-6-10-2-1-3-15(19)13(10)9-20/h1-5,8H,6-7,9,19H2. The van der Waals surface area contributed by atoms with E-state index < -0.39 is 17.5 Å². The van der Waals surface area contributed by atoms with Gasteiger partial charge in [-0.1, -0.05) is 12.1 Å². The number of hydrogen-bond acceptors (Lipinski definition) is 2. The zero-order chi connectivity index (χ0) is 15.0. The topological polar surface area (TPSA) is 46.3 Å². The minimum absolute atomic E-state index is 0.116. The van der Waals surface area contributed by atoms with Crippen molar-refractivity contribution in [1.82, 2.24) is 4.90 Å². The Kier molecular flexibility index (Phi) is 3.33. The smallest absolute Gasteiger partial charge is 0.257 e. The molecule has 0 aliphatic carbocycles. The van der Waals surface area contributed by atoms with Gasteiger partial charge in [-0.15, -0.1) is 0 Å². The third-order valence-electron chi connectivity index (χ3n) is 3.76. The van der Waals surface area contributed by atoms with E-state index in [4.69, 9.17) is 5.73 Å². The zero-order valence-electron chi connectivity index (χ0n) is 11.3. The first kappa shape index (κ1) is 13.5. The molecular weight excluding hydrogens is 274 g/mol. The number of carbonyl (C=O) groups is 1. The molecule has 0 bridgehead atoms. The number of nitrogen functional groups attached to an aromatic ring is 1. The van der Waals surface area contributed by atoms with Crippen molar-refractivity contribution in [3.63, 3.8) is 0 Å². The molecule has 108 valence electrons. The number of fused-ring (bicyclic) bond motifs is 1. The van der Waals surface area contributed by atoms with Crippen LogP contribution >= 0.6 is 0 Å². The second kappa shape index (κ2) is 5.16. The van der Waals surface area contributed by atoms with E-state index in [1.54, 1.807) is 6.07 Å². The van der Waals surface area contributed by atoms with Crippen molar-refractivity contribution in [3.8, 4) is 0 Å². The summed E-state index contributed by atoms with van der Waals surface area (Å²) < 4.78 is 26.6. The highest BCUT2D eigenvalue weighted by molar-refractivity contribution is 5.94. The average Bonchev–Trinajstić information content (AvgIpc) is 2.47. The van der Waals surface area contributed by atoms with E-state index in [1.807, 2.05) is 12.1 Å². The van der Waals surface area contributed by atoms with Crippen LogP contribution in [0.25, 0.3) is 0 Å². The van der Waals surface area contributed by atoms with Crippen LogP contribution in [0.4, 0.5) is 14.5 Å². The van der Waals surface area contributed by atoms with Crippen molar-refractivity contribution >= 4 is 11.6 Å². The van der Waals surface area contributed by atoms with E-state index in [9.17, 15) is 13.6 Å². The fraction of sp³-hybridized carbons (Fsp3) is 0.188. The molecule has 0 saturated heterocycles. The van der Waals surface area contributed by atoms with Crippen LogP contribution in [-0.2, 0) is 13.0 Å². The fourth-order valence-corrected chi connectivity index (χ4v) is 2.61. The van der Waals surface area contributed by atoms with Gasteiger partial charge in [0.25, 0.3) is 5.91 Å². The fourth-order valence-electron chi connectivity index (χ4n) is 2.61. The Morgan fingerprint density at radius 3 is 2.76 bits per heavy atom. The van der Waals surface area contributed by atoms with Gasteiger partial charge in [-0.25, -0.2) is 8.78 Å². The monoisotopic (exact) mass is 288 g/mol. The van der Waals surface area contributed by atoms with Gasteiger partial charge in [-0.2, -0.15) is 0 Å². The molecule has 0 fully saturated rings. The highest BCUT2D eigenvalue weighted by Crippen LogP contribution is 2.25. The average molecular weight is 288 g/mol. The molecule has 2 N–H and O–H groups in total. The molecule has 0 atom stereocenters. The van der Waals surface area contributed by atoms with Crippen LogP contribution in [0.15, 0.2) is 36.4 Å². The van der Waals surface area contributed by atoms with Gasteiger partial charge in [0.2, 0.25) is 0 Å². The Bertz CT molecular complexity index is 715. The van der Waals surface area contributed by atoms with Gasteiger partial charge in [0.05, 0.1) is 5.56 Å². The number of nitrogens with two attached hydrogens (primary N) is 1. The molecule has 0 spiro atoms. The van der Waals surface area contributed by atoms with Crippen molar-refractivity contribution in [3.05, 3.63) is 64.7 Å². The second-order valence-electron chi connectivity index (χ2n) is 5.09. The van der Waals surface area contributed by atoms with Crippen LogP contribution in [0.5, 0.6) is 0 Å². The maximum absolute atomic E-state index is 13.7. The molecule has 5 heteroatoms. The maximum atomic E-state index is 13.7. The Hall–Kier alpha value is -2.43. The lowest BCUT2D eigenvalue weighted by atomic mass is 9.97. The molecule has 21 heavy (non-hydrogen) atoms. The number of nitrogens with zero attached hydrogens (tertiary/aromatic N) is 1. The van der Waals surface area contributed by atoms with Crippen LogP contribution in [0.2, 0.25) is 0 Å². The summed E-state index contributed by atoms with van der Waals surface area (Å²) in [5.41, 5.74) is 8.46. The third kappa shape index (κ3) is 2.46. The second-order valence-corrected chi connectivity index (χ2v) is 5.09. The van der Waals surface area contributed by atoms with Crippen LogP contribution < -0.4 is 5.73 Å². The summed E-state index contributed by atoms with van der Waals surface area (Å²) >= 11 is 0. The summed E-state index contributed by atoms with van der Waals surface area (Å²) in [6, 6.07) is 8.63. The predicted octanol–water partition coefficient (Wildman–Crippen LogP) is 2.75. The molecule has 2 aromatic rings. The molecule has 2 aromatic carbocycles. The molecule has 3 nitrogen and oxygen atoms in total. The molecule has 3 rings (SSSR count). The lowest BCUT2D eigenvalue weighted by Crippen LogP contribution is -2.36. The number of carbonyl (C=O) groups excluding carboxylic acids is 1. The van der Waals surface area contributed by atoms with Gasteiger partial charge in [-0.3, -0.25) is 4.79 Å². The van der Waals surface area contributed by atoms with Crippen molar-refractivity contribution in [2.45, 2.75) is 13.0 Å². The lowest BCUT2D eigenvalue weighted by molar-refractivity contribution is 0.0730. The van der Waals surface area contributed by atoms with Gasteiger partial charge in [0.1, 0.15) is 11.6 Å². The minimum atomic E-state index is -0.841. The van der Waals surface area contributed by atoms with Gasteiger partial charge < -0.3 is 10.6 Å². The van der Waals surface area contributed by atoms with E-state index in [-0.39, 0.29) is 5.56 Å². The lowest BCUT2D eigenvalue weighted by Gasteiger charge is -2.29. The van der Waals surface area contributed by atoms with E-state index >= 15 is 0 Å². The van der Waals surface area contributed by atoms with Crippen molar-refractivity contribution < 1.29 is 13.6 Å². The van der Waals surface area contributed by atoms with Crippen molar-refractivity contribution in [1.29, 1.82) is 0 Å². The Morgan fingerprint density at radius 1 is 1.19 bits per heavy atom. The first-order valence-corrected chi connectivity index (χ1v) is 6.67. The number of benzene rings is 2. The third-order valence-corrected chi connectivity index (χ3v) is 3.76. The summed E-state index contributed by atoms with van der Waals surface area (Å²) in [6.45, 7) is 0.837. The highest BCUT2D eigenvalue weighted by atomic mass is 19.1. The van der Waals surface area contributed by atoms with Gasteiger partial charge in [-0.05, 0) is 35.7 Å². The number of rotatable bonds is 1. The van der Waals surface area contributed by atoms with E-state index in [0.717, 1.165) is 23.3 Å². The number of hydrogen-bond donors (Lipinski definition) is 1. The minimum Gasteiger partial charge on any atom is -0.398 e. The first-order valence-electron chi connectivity index (χ1n) is 6.67. The maximum Gasteiger partial charge on any atom is 0.257 e. The van der Waals surface area contributed by atoms with Crippen LogP contribution in [0, 0.1) is 11.6 Å². The summed E-state index contributed by atoms with van der Waals surface area (Å²) in [4.78, 5) is 13.9. The normalized spacial score (nSPS) is 13.9. The van der Waals surface area contributed by atoms with Gasteiger partial charge >= 0.3 is 0 Å². The molecule has 0 radical (unpaired) electrons. The summed E-state index contributed by atoms with van der Waals surface area (Å²) in [5.74, 6) is -1.98. The van der Waals surface area contributed by atoms with E-state index in [2.05, 4.69) is 0 Å². The Labute approximate surface area is 121 Å². The highest BCUT2D eigenvalue weighted by Gasteiger charge is 2.24. The quantitative estimate of drug-likeness (QED) is 0.820. The van der Waals surface area contributed by atoms with Gasteiger partial charge in [0, 0.05) is 24.8 Å². The Balaban J connectivity index is 1.89. The largest absolute Gasteiger partial charge is 0.398 e. The molecule has 1 aliphatic rings. The predicted molar refractivity (Wildman–Crippen MR) is 75.7 cm³/mol. The molecule has 0 aromatic heterocycles. The molecule has 0 unspecified atom stereocenters. The van der Waals surface area contributed by atoms with Crippen LogP contribution in [-0.4, -0.2) is 17.4 Å². The van der Waals surface area contributed by atoms with Crippen molar-refractivity contribution in [2.24, 2.45) is 0 Å². The summed E-state index contributed by atoms with van der Waals surface area (Å²) in [6.07, 6.45) is 0.676. The molecule has 1 heterocycles. The zero-order valence-corrected chi connectivity index (χ0v) is 11.3. The molecule has 1 aliphatic heterocycles. The summed E-state index contributed by atoms with van der Waals surface area (Å²) in [7, 11) is 0. The molecular formula is C16H14F2N2O. The van der Waals surface area contributed by atoms with E-state index in [1.165, 1.54) is 11.0 Å². The van der Waals surface area contributed by atoms with Gasteiger partial charge in [0.15, 0.2) is 0 Å².